The van der Waals surface area contributed by atoms with Crippen LogP contribution in [0.1, 0.15) is 35.0 Å². The van der Waals surface area contributed by atoms with E-state index >= 15 is 0 Å². The van der Waals surface area contributed by atoms with Crippen LogP contribution in [0.5, 0.6) is 0 Å². The van der Waals surface area contributed by atoms with Crippen molar-refractivity contribution in [2.24, 2.45) is 0 Å². The van der Waals surface area contributed by atoms with E-state index in [9.17, 15) is 4.79 Å². The maximum absolute atomic E-state index is 12.7. The molecule has 3 rings (SSSR count). The molecule has 0 spiro atoms. The summed E-state index contributed by atoms with van der Waals surface area (Å²) in [7, 11) is 0. The first-order chi connectivity index (χ1) is 10.6. The Morgan fingerprint density at radius 1 is 1.18 bits per heavy atom. The van der Waals surface area contributed by atoms with Crippen LogP contribution in [0.2, 0.25) is 0 Å². The lowest BCUT2D eigenvalue weighted by atomic mass is 10.1. The molecule has 0 atom stereocenters. The highest BCUT2D eigenvalue weighted by Crippen LogP contribution is 2.23. The zero-order chi connectivity index (χ0) is 15.7. The molecule has 1 N–H and O–H groups in total. The van der Waals surface area contributed by atoms with Gasteiger partial charge >= 0.3 is 0 Å². The number of aromatic amines is 1. The lowest BCUT2D eigenvalue weighted by Crippen LogP contribution is -2.48. The monoisotopic (exact) mass is 299 g/mol. The third-order valence-electron chi connectivity index (χ3n) is 4.75. The Labute approximate surface area is 132 Å². The number of piperazine rings is 1. The van der Waals surface area contributed by atoms with Gasteiger partial charge in [-0.25, -0.2) is 0 Å². The standard InChI is InChI=1S/C18H25N3O/c1-4-7-20-8-10-21(11-9-20)18(22)15-5-6-16-13(2)14(3)19-17(16)12-15/h5-6,12,19H,4,7-11H2,1-3H3. The predicted molar refractivity (Wildman–Crippen MR) is 90.4 cm³/mol. The number of rotatable bonds is 3. The van der Waals surface area contributed by atoms with E-state index in [0.29, 0.717) is 0 Å². The Hall–Kier alpha value is -1.81. The highest BCUT2D eigenvalue weighted by atomic mass is 16.2. The fourth-order valence-electron chi connectivity index (χ4n) is 3.28. The summed E-state index contributed by atoms with van der Waals surface area (Å²) in [5.41, 5.74) is 4.29. The zero-order valence-corrected chi connectivity index (χ0v) is 13.8. The fraction of sp³-hybridized carbons (Fsp3) is 0.500. The van der Waals surface area contributed by atoms with Crippen LogP contribution in [-0.2, 0) is 0 Å². The van der Waals surface area contributed by atoms with Crippen molar-refractivity contribution in [3.63, 3.8) is 0 Å². The smallest absolute Gasteiger partial charge is 0.254 e. The van der Waals surface area contributed by atoms with E-state index in [1.54, 1.807) is 0 Å². The summed E-state index contributed by atoms with van der Waals surface area (Å²) in [4.78, 5) is 20.5. The Bertz CT molecular complexity index is 681. The largest absolute Gasteiger partial charge is 0.358 e. The molecule has 0 aliphatic carbocycles. The van der Waals surface area contributed by atoms with E-state index in [1.807, 2.05) is 17.0 Å². The van der Waals surface area contributed by atoms with Gasteiger partial charge in [-0.05, 0) is 44.5 Å². The van der Waals surface area contributed by atoms with Crippen molar-refractivity contribution in [2.45, 2.75) is 27.2 Å². The minimum atomic E-state index is 0.156. The highest BCUT2D eigenvalue weighted by Gasteiger charge is 2.22. The van der Waals surface area contributed by atoms with E-state index in [1.165, 1.54) is 23.1 Å². The van der Waals surface area contributed by atoms with Crippen molar-refractivity contribution >= 4 is 16.8 Å². The number of aryl methyl sites for hydroxylation is 2. The first kappa shape index (κ1) is 15.1. The zero-order valence-electron chi connectivity index (χ0n) is 13.8. The average Bonchev–Trinajstić information content (AvgIpc) is 2.82. The summed E-state index contributed by atoms with van der Waals surface area (Å²) >= 11 is 0. The Kier molecular flexibility index (Phi) is 4.21. The minimum absolute atomic E-state index is 0.156. The van der Waals surface area contributed by atoms with Gasteiger partial charge in [-0.2, -0.15) is 0 Å². The molecular formula is C18H25N3O. The third kappa shape index (κ3) is 2.75. The van der Waals surface area contributed by atoms with E-state index < -0.39 is 0 Å². The molecule has 1 amide bonds. The lowest BCUT2D eigenvalue weighted by molar-refractivity contribution is 0.0637. The molecule has 2 heterocycles. The van der Waals surface area contributed by atoms with Crippen molar-refractivity contribution in [2.75, 3.05) is 32.7 Å². The lowest BCUT2D eigenvalue weighted by Gasteiger charge is -2.34. The van der Waals surface area contributed by atoms with Crippen LogP contribution >= 0.6 is 0 Å². The van der Waals surface area contributed by atoms with Crippen molar-refractivity contribution in [3.05, 3.63) is 35.0 Å². The van der Waals surface area contributed by atoms with Crippen LogP contribution in [0.3, 0.4) is 0 Å². The topological polar surface area (TPSA) is 39.3 Å². The summed E-state index contributed by atoms with van der Waals surface area (Å²) in [6, 6.07) is 6.02. The Morgan fingerprint density at radius 2 is 1.91 bits per heavy atom. The van der Waals surface area contributed by atoms with Crippen LogP contribution in [-0.4, -0.2) is 53.4 Å². The van der Waals surface area contributed by atoms with E-state index in [4.69, 9.17) is 0 Å². The average molecular weight is 299 g/mol. The molecule has 1 fully saturated rings. The number of aromatic nitrogens is 1. The molecule has 4 heteroatoms. The number of carbonyl (C=O) groups excluding carboxylic acids is 1. The van der Waals surface area contributed by atoms with Gasteiger partial charge in [0.05, 0.1) is 0 Å². The number of nitrogens with zero attached hydrogens (tertiary/aromatic N) is 2. The van der Waals surface area contributed by atoms with Crippen molar-refractivity contribution in [3.8, 4) is 0 Å². The highest BCUT2D eigenvalue weighted by molar-refractivity contribution is 5.98. The predicted octanol–water partition coefficient (Wildman–Crippen LogP) is 2.95. The fourth-order valence-corrected chi connectivity index (χ4v) is 3.28. The van der Waals surface area contributed by atoms with E-state index in [-0.39, 0.29) is 5.91 Å². The number of nitrogens with one attached hydrogen (secondary N) is 1. The molecule has 0 bridgehead atoms. The van der Waals surface area contributed by atoms with Crippen LogP contribution < -0.4 is 0 Å². The molecule has 118 valence electrons. The SMILES string of the molecule is CCCN1CCN(C(=O)c2ccc3c(C)c(C)[nH]c3c2)CC1. The van der Waals surface area contributed by atoms with E-state index in [0.717, 1.165) is 43.8 Å². The first-order valence-corrected chi connectivity index (χ1v) is 8.20. The number of H-pyrrole nitrogens is 1. The van der Waals surface area contributed by atoms with Gasteiger partial charge in [0.1, 0.15) is 0 Å². The second-order valence-electron chi connectivity index (χ2n) is 6.27. The number of hydrogen-bond donors (Lipinski definition) is 1. The van der Waals surface area contributed by atoms with Crippen molar-refractivity contribution in [1.29, 1.82) is 0 Å². The molecule has 1 aliphatic rings. The van der Waals surface area contributed by atoms with Gasteiger partial charge in [0.2, 0.25) is 0 Å². The summed E-state index contributed by atoms with van der Waals surface area (Å²) < 4.78 is 0. The molecule has 1 aliphatic heterocycles. The molecule has 1 saturated heterocycles. The summed E-state index contributed by atoms with van der Waals surface area (Å²) in [5.74, 6) is 0.156. The van der Waals surface area contributed by atoms with Gasteiger partial charge in [-0.15, -0.1) is 0 Å². The molecule has 0 unspecified atom stereocenters. The summed E-state index contributed by atoms with van der Waals surface area (Å²) in [6.45, 7) is 11.2. The van der Waals surface area contributed by atoms with Crippen LogP contribution in [0.4, 0.5) is 0 Å². The second-order valence-corrected chi connectivity index (χ2v) is 6.27. The first-order valence-electron chi connectivity index (χ1n) is 8.20. The quantitative estimate of drug-likeness (QED) is 0.946. The number of amides is 1. The maximum Gasteiger partial charge on any atom is 0.254 e. The molecule has 0 saturated carbocycles. The Balaban J connectivity index is 1.75. The summed E-state index contributed by atoms with van der Waals surface area (Å²) in [5, 5.41) is 1.21. The second kappa shape index (κ2) is 6.13. The number of hydrogen-bond acceptors (Lipinski definition) is 2. The van der Waals surface area contributed by atoms with Crippen molar-refractivity contribution in [1.82, 2.24) is 14.8 Å². The molecule has 2 aromatic rings. The van der Waals surface area contributed by atoms with Crippen molar-refractivity contribution < 1.29 is 4.79 Å². The van der Waals surface area contributed by atoms with Gasteiger partial charge in [0, 0.05) is 48.3 Å². The van der Waals surface area contributed by atoms with Gasteiger partial charge in [0.15, 0.2) is 0 Å². The van der Waals surface area contributed by atoms with Gasteiger partial charge < -0.3 is 9.88 Å². The third-order valence-corrected chi connectivity index (χ3v) is 4.75. The van der Waals surface area contributed by atoms with Gasteiger partial charge in [0.25, 0.3) is 5.91 Å². The molecule has 1 aromatic carbocycles. The summed E-state index contributed by atoms with van der Waals surface area (Å²) in [6.07, 6.45) is 1.18. The molecule has 1 aromatic heterocycles. The number of fused-ring (bicyclic) bond motifs is 1. The van der Waals surface area contributed by atoms with Crippen LogP contribution in [0.25, 0.3) is 10.9 Å². The number of carbonyl (C=O) groups is 1. The maximum atomic E-state index is 12.7. The van der Waals surface area contributed by atoms with Crippen LogP contribution in [0.15, 0.2) is 18.2 Å². The van der Waals surface area contributed by atoms with Crippen LogP contribution in [0, 0.1) is 13.8 Å². The molecule has 0 radical (unpaired) electrons. The minimum Gasteiger partial charge on any atom is -0.358 e. The molecular weight excluding hydrogens is 274 g/mol. The van der Waals surface area contributed by atoms with E-state index in [2.05, 4.69) is 36.7 Å². The Morgan fingerprint density at radius 3 is 2.59 bits per heavy atom. The normalized spacial score (nSPS) is 16.4. The molecule has 4 nitrogen and oxygen atoms in total. The van der Waals surface area contributed by atoms with Gasteiger partial charge in [-0.3, -0.25) is 9.69 Å². The molecule has 22 heavy (non-hydrogen) atoms. The van der Waals surface area contributed by atoms with Gasteiger partial charge in [-0.1, -0.05) is 13.0 Å². The number of benzene rings is 1.